The smallest absolute Gasteiger partial charge is 0.242 e. The van der Waals surface area contributed by atoms with Gasteiger partial charge in [-0.15, -0.1) is 0 Å². The van der Waals surface area contributed by atoms with E-state index in [4.69, 9.17) is 23.2 Å². The van der Waals surface area contributed by atoms with Crippen LogP contribution in [-0.2, 0) is 22.6 Å². The fraction of sp³-hybridized carbons (Fsp3) is 0.500. The SMILES string of the molecule is CC(C)c1ccc(CCC(=O)N(Cc2ccc(Cl)cc2Cl)[C@H](C)C(=O)NC2CCCCC2)cc1. The zero-order valence-electron chi connectivity index (χ0n) is 20.4. The molecule has 0 spiro atoms. The molecular weight excluding hydrogens is 467 g/mol. The molecule has 1 N–H and O–H groups in total. The van der Waals surface area contributed by atoms with Gasteiger partial charge >= 0.3 is 0 Å². The van der Waals surface area contributed by atoms with Crippen LogP contribution >= 0.6 is 23.2 Å². The van der Waals surface area contributed by atoms with Crippen LogP contribution in [0.1, 0.15) is 81.9 Å². The molecule has 1 atom stereocenters. The third-order valence-electron chi connectivity index (χ3n) is 6.75. The Kier molecular flexibility index (Phi) is 9.85. The lowest BCUT2D eigenvalue weighted by atomic mass is 9.95. The Morgan fingerprint density at radius 1 is 1.00 bits per heavy atom. The van der Waals surface area contributed by atoms with Crippen LogP contribution in [0.2, 0.25) is 10.0 Å². The van der Waals surface area contributed by atoms with Gasteiger partial charge in [0, 0.05) is 29.1 Å². The van der Waals surface area contributed by atoms with Crippen molar-refractivity contribution < 1.29 is 9.59 Å². The maximum Gasteiger partial charge on any atom is 0.242 e. The predicted octanol–water partition coefficient (Wildman–Crippen LogP) is 6.92. The predicted molar refractivity (Wildman–Crippen MR) is 140 cm³/mol. The van der Waals surface area contributed by atoms with Crippen LogP contribution in [0.15, 0.2) is 42.5 Å². The summed E-state index contributed by atoms with van der Waals surface area (Å²) in [6, 6.07) is 13.3. The lowest BCUT2D eigenvalue weighted by Crippen LogP contribution is -2.50. The topological polar surface area (TPSA) is 49.4 Å². The monoisotopic (exact) mass is 502 g/mol. The highest BCUT2D eigenvalue weighted by molar-refractivity contribution is 6.35. The van der Waals surface area contributed by atoms with Gasteiger partial charge in [-0.3, -0.25) is 9.59 Å². The van der Waals surface area contributed by atoms with E-state index in [0.717, 1.165) is 36.8 Å². The summed E-state index contributed by atoms with van der Waals surface area (Å²) in [6.45, 7) is 6.40. The number of halogens is 2. The number of aryl methyl sites for hydroxylation is 1. The summed E-state index contributed by atoms with van der Waals surface area (Å²) in [7, 11) is 0. The molecule has 0 bridgehead atoms. The summed E-state index contributed by atoms with van der Waals surface area (Å²) in [6.07, 6.45) is 6.45. The molecule has 1 aliphatic rings. The maximum atomic E-state index is 13.4. The number of carbonyl (C=O) groups excluding carboxylic acids is 2. The van der Waals surface area contributed by atoms with Gasteiger partial charge in [-0.05, 0) is 60.9 Å². The molecule has 0 radical (unpaired) electrons. The molecule has 1 aliphatic carbocycles. The quantitative estimate of drug-likeness (QED) is 0.404. The molecule has 0 aliphatic heterocycles. The van der Waals surface area contributed by atoms with Crippen LogP contribution in [0, 0.1) is 0 Å². The fourth-order valence-corrected chi connectivity index (χ4v) is 4.92. The van der Waals surface area contributed by atoms with E-state index in [1.807, 2.05) is 6.07 Å². The van der Waals surface area contributed by atoms with Crippen molar-refractivity contribution in [2.24, 2.45) is 0 Å². The average molecular weight is 504 g/mol. The Morgan fingerprint density at radius 2 is 1.68 bits per heavy atom. The minimum Gasteiger partial charge on any atom is -0.352 e. The molecule has 0 heterocycles. The van der Waals surface area contributed by atoms with Crippen LogP contribution in [0.3, 0.4) is 0 Å². The maximum absolute atomic E-state index is 13.4. The van der Waals surface area contributed by atoms with E-state index in [1.165, 1.54) is 12.0 Å². The highest BCUT2D eigenvalue weighted by Gasteiger charge is 2.28. The number of hydrogen-bond acceptors (Lipinski definition) is 2. The lowest BCUT2D eigenvalue weighted by Gasteiger charge is -2.31. The van der Waals surface area contributed by atoms with Crippen molar-refractivity contribution in [2.45, 2.75) is 90.3 Å². The zero-order chi connectivity index (χ0) is 24.7. The molecule has 184 valence electrons. The summed E-state index contributed by atoms with van der Waals surface area (Å²) in [5.41, 5.74) is 3.17. The van der Waals surface area contributed by atoms with E-state index in [1.54, 1.807) is 24.0 Å². The first-order valence-electron chi connectivity index (χ1n) is 12.4. The molecule has 2 amide bonds. The van der Waals surface area contributed by atoms with E-state index in [-0.39, 0.29) is 24.4 Å². The Morgan fingerprint density at radius 3 is 2.29 bits per heavy atom. The van der Waals surface area contributed by atoms with Gasteiger partial charge in [0.2, 0.25) is 11.8 Å². The molecule has 1 saturated carbocycles. The zero-order valence-corrected chi connectivity index (χ0v) is 22.0. The minimum atomic E-state index is -0.593. The van der Waals surface area contributed by atoms with Gasteiger partial charge in [-0.2, -0.15) is 0 Å². The van der Waals surface area contributed by atoms with Crippen LogP contribution < -0.4 is 5.32 Å². The van der Waals surface area contributed by atoms with Crippen molar-refractivity contribution in [1.29, 1.82) is 0 Å². The molecule has 0 unspecified atom stereocenters. The third kappa shape index (κ3) is 7.48. The van der Waals surface area contributed by atoms with E-state index < -0.39 is 6.04 Å². The number of benzene rings is 2. The average Bonchev–Trinajstić information content (AvgIpc) is 2.82. The Balaban J connectivity index is 1.72. The van der Waals surface area contributed by atoms with Crippen molar-refractivity contribution in [3.63, 3.8) is 0 Å². The molecule has 6 heteroatoms. The number of hydrogen-bond donors (Lipinski definition) is 1. The number of nitrogens with zero attached hydrogens (tertiary/aromatic N) is 1. The van der Waals surface area contributed by atoms with Crippen molar-refractivity contribution in [2.75, 3.05) is 0 Å². The van der Waals surface area contributed by atoms with Gasteiger partial charge in [0.25, 0.3) is 0 Å². The van der Waals surface area contributed by atoms with Gasteiger partial charge in [0.1, 0.15) is 6.04 Å². The van der Waals surface area contributed by atoms with Crippen LogP contribution in [0.4, 0.5) is 0 Å². The first kappa shape index (κ1) is 26.6. The number of carbonyl (C=O) groups is 2. The highest BCUT2D eigenvalue weighted by Crippen LogP contribution is 2.24. The second-order valence-electron chi connectivity index (χ2n) is 9.67. The second-order valence-corrected chi connectivity index (χ2v) is 10.5. The number of amides is 2. The summed E-state index contributed by atoms with van der Waals surface area (Å²) in [5, 5.41) is 4.20. The lowest BCUT2D eigenvalue weighted by molar-refractivity contribution is -0.141. The summed E-state index contributed by atoms with van der Waals surface area (Å²) in [5.74, 6) is 0.302. The van der Waals surface area contributed by atoms with Crippen molar-refractivity contribution in [1.82, 2.24) is 10.2 Å². The number of nitrogens with one attached hydrogen (secondary N) is 1. The molecule has 2 aromatic carbocycles. The fourth-order valence-electron chi connectivity index (χ4n) is 4.45. The van der Waals surface area contributed by atoms with E-state index in [2.05, 4.69) is 43.4 Å². The molecule has 0 saturated heterocycles. The standard InChI is InChI=1S/C28H36Cl2N2O2/c1-19(2)22-12-9-21(10-13-22)11-16-27(33)32(18-23-14-15-24(29)17-26(23)30)20(3)28(34)31-25-7-5-4-6-8-25/h9-10,12-15,17,19-20,25H,4-8,11,16,18H2,1-3H3,(H,31,34)/t20-/m1/s1. The van der Waals surface area contributed by atoms with E-state index in [0.29, 0.717) is 28.8 Å². The van der Waals surface area contributed by atoms with Crippen LogP contribution in [-0.4, -0.2) is 28.8 Å². The Bertz CT molecular complexity index is 969. The third-order valence-corrected chi connectivity index (χ3v) is 7.34. The normalized spacial score (nSPS) is 15.2. The molecule has 4 nitrogen and oxygen atoms in total. The Hall–Kier alpha value is -2.04. The first-order chi connectivity index (χ1) is 16.2. The van der Waals surface area contributed by atoms with Crippen molar-refractivity contribution >= 4 is 35.0 Å². The molecule has 34 heavy (non-hydrogen) atoms. The second kappa shape index (κ2) is 12.6. The molecule has 1 fully saturated rings. The van der Waals surface area contributed by atoms with Crippen LogP contribution in [0.5, 0.6) is 0 Å². The van der Waals surface area contributed by atoms with Gasteiger partial charge in [-0.25, -0.2) is 0 Å². The van der Waals surface area contributed by atoms with Gasteiger partial charge in [-0.1, -0.05) is 86.6 Å². The van der Waals surface area contributed by atoms with E-state index >= 15 is 0 Å². The molecule has 3 rings (SSSR count). The molecule has 0 aromatic heterocycles. The molecular formula is C28H36Cl2N2O2. The van der Waals surface area contributed by atoms with Crippen molar-refractivity contribution in [3.05, 3.63) is 69.2 Å². The summed E-state index contributed by atoms with van der Waals surface area (Å²) < 4.78 is 0. The van der Waals surface area contributed by atoms with Crippen molar-refractivity contribution in [3.8, 4) is 0 Å². The van der Waals surface area contributed by atoms with E-state index in [9.17, 15) is 9.59 Å². The summed E-state index contributed by atoms with van der Waals surface area (Å²) in [4.78, 5) is 28.1. The molecule has 2 aromatic rings. The van der Waals surface area contributed by atoms with Gasteiger partial charge in [0.15, 0.2) is 0 Å². The Labute approximate surface area is 214 Å². The highest BCUT2D eigenvalue weighted by atomic mass is 35.5. The first-order valence-corrected chi connectivity index (χ1v) is 13.1. The van der Waals surface area contributed by atoms with Crippen LogP contribution in [0.25, 0.3) is 0 Å². The minimum absolute atomic E-state index is 0.0646. The number of rotatable bonds is 9. The van der Waals surface area contributed by atoms with Gasteiger partial charge < -0.3 is 10.2 Å². The summed E-state index contributed by atoms with van der Waals surface area (Å²) >= 11 is 12.5. The van der Waals surface area contributed by atoms with Gasteiger partial charge in [0.05, 0.1) is 0 Å². The largest absolute Gasteiger partial charge is 0.352 e.